The summed E-state index contributed by atoms with van der Waals surface area (Å²) >= 11 is 6.12. The molecule has 0 aliphatic carbocycles. The minimum absolute atomic E-state index is 0.405. The standard InChI is InChI=1S/C14H24ClN3O/c1-11(2)16-10-13-12(15)6-7-14(17-13)19-9-5-8-18(3)4/h6-7,11,16H,5,8-10H2,1-4H3. The van der Waals surface area contributed by atoms with Crippen LogP contribution in [0.3, 0.4) is 0 Å². The molecule has 108 valence electrons. The molecule has 1 aromatic rings. The van der Waals surface area contributed by atoms with E-state index in [4.69, 9.17) is 16.3 Å². The fourth-order valence-corrected chi connectivity index (χ4v) is 1.70. The molecule has 0 saturated carbocycles. The molecule has 0 aliphatic rings. The Kier molecular flexibility index (Phi) is 7.13. The van der Waals surface area contributed by atoms with Crippen molar-refractivity contribution < 1.29 is 4.74 Å². The van der Waals surface area contributed by atoms with Crippen LogP contribution in [0.2, 0.25) is 5.02 Å². The molecular formula is C14H24ClN3O. The number of hydrogen-bond donors (Lipinski definition) is 1. The Labute approximate surface area is 121 Å². The topological polar surface area (TPSA) is 37.4 Å². The average molecular weight is 286 g/mol. The predicted octanol–water partition coefficient (Wildman–Crippen LogP) is 2.56. The lowest BCUT2D eigenvalue weighted by molar-refractivity contribution is 0.272. The maximum absolute atomic E-state index is 6.12. The highest BCUT2D eigenvalue weighted by molar-refractivity contribution is 6.31. The molecule has 0 aromatic carbocycles. The number of nitrogens with zero attached hydrogens (tertiary/aromatic N) is 2. The van der Waals surface area contributed by atoms with E-state index in [1.54, 1.807) is 0 Å². The molecule has 0 saturated heterocycles. The van der Waals surface area contributed by atoms with E-state index in [2.05, 4.69) is 43.1 Å². The Balaban J connectivity index is 2.48. The van der Waals surface area contributed by atoms with Gasteiger partial charge in [-0.25, -0.2) is 4.98 Å². The van der Waals surface area contributed by atoms with Crippen LogP contribution in [0.4, 0.5) is 0 Å². The first-order valence-electron chi connectivity index (χ1n) is 6.65. The van der Waals surface area contributed by atoms with Crippen LogP contribution in [0.5, 0.6) is 5.88 Å². The quantitative estimate of drug-likeness (QED) is 0.745. The molecular weight excluding hydrogens is 262 g/mol. The van der Waals surface area contributed by atoms with Crippen LogP contribution in [0.15, 0.2) is 12.1 Å². The van der Waals surface area contributed by atoms with Gasteiger partial charge in [0.15, 0.2) is 0 Å². The van der Waals surface area contributed by atoms with Crippen LogP contribution in [0, 0.1) is 0 Å². The lowest BCUT2D eigenvalue weighted by Gasteiger charge is -2.12. The van der Waals surface area contributed by atoms with Crippen molar-refractivity contribution in [1.29, 1.82) is 0 Å². The molecule has 0 fully saturated rings. The Morgan fingerprint density at radius 1 is 1.37 bits per heavy atom. The zero-order chi connectivity index (χ0) is 14.3. The van der Waals surface area contributed by atoms with Crippen molar-refractivity contribution in [3.8, 4) is 5.88 Å². The van der Waals surface area contributed by atoms with Gasteiger partial charge < -0.3 is 15.0 Å². The van der Waals surface area contributed by atoms with Crippen molar-refractivity contribution in [2.75, 3.05) is 27.2 Å². The summed E-state index contributed by atoms with van der Waals surface area (Å²) in [5.41, 5.74) is 0.834. The van der Waals surface area contributed by atoms with Crippen molar-refractivity contribution in [2.45, 2.75) is 32.9 Å². The molecule has 0 bridgehead atoms. The van der Waals surface area contributed by atoms with Crippen molar-refractivity contribution in [3.63, 3.8) is 0 Å². The molecule has 1 rings (SSSR count). The fraction of sp³-hybridized carbons (Fsp3) is 0.643. The zero-order valence-electron chi connectivity index (χ0n) is 12.2. The van der Waals surface area contributed by atoms with Gasteiger partial charge in [-0.05, 0) is 26.6 Å². The van der Waals surface area contributed by atoms with Gasteiger partial charge in [0.05, 0.1) is 17.3 Å². The van der Waals surface area contributed by atoms with Gasteiger partial charge in [-0.2, -0.15) is 0 Å². The molecule has 1 aromatic heterocycles. The summed E-state index contributed by atoms with van der Waals surface area (Å²) in [5, 5.41) is 3.98. The molecule has 1 heterocycles. The van der Waals surface area contributed by atoms with Crippen LogP contribution < -0.4 is 10.1 Å². The zero-order valence-corrected chi connectivity index (χ0v) is 13.0. The van der Waals surface area contributed by atoms with Gasteiger partial charge in [-0.1, -0.05) is 25.4 Å². The molecule has 19 heavy (non-hydrogen) atoms. The highest BCUT2D eigenvalue weighted by Gasteiger charge is 2.05. The van der Waals surface area contributed by atoms with Gasteiger partial charge in [0.25, 0.3) is 0 Å². The van der Waals surface area contributed by atoms with Crippen LogP contribution >= 0.6 is 11.6 Å². The van der Waals surface area contributed by atoms with E-state index in [1.807, 2.05) is 12.1 Å². The molecule has 0 radical (unpaired) electrons. The van der Waals surface area contributed by atoms with Gasteiger partial charge >= 0.3 is 0 Å². The van der Waals surface area contributed by atoms with Crippen LogP contribution in [0.25, 0.3) is 0 Å². The van der Waals surface area contributed by atoms with E-state index < -0.39 is 0 Å². The van der Waals surface area contributed by atoms with Crippen LogP contribution in [-0.4, -0.2) is 43.2 Å². The summed E-state index contributed by atoms with van der Waals surface area (Å²) < 4.78 is 5.63. The van der Waals surface area contributed by atoms with Crippen molar-refractivity contribution >= 4 is 11.6 Å². The number of hydrogen-bond acceptors (Lipinski definition) is 4. The van der Waals surface area contributed by atoms with E-state index in [1.165, 1.54) is 0 Å². The number of nitrogens with one attached hydrogen (secondary N) is 1. The monoisotopic (exact) mass is 285 g/mol. The first kappa shape index (κ1) is 16.2. The number of ether oxygens (including phenoxy) is 1. The van der Waals surface area contributed by atoms with E-state index in [0.29, 0.717) is 30.1 Å². The Bertz CT molecular complexity index is 383. The van der Waals surface area contributed by atoms with E-state index in [9.17, 15) is 0 Å². The van der Waals surface area contributed by atoms with Gasteiger partial charge in [0, 0.05) is 25.2 Å². The first-order chi connectivity index (χ1) is 8.99. The SMILES string of the molecule is CC(C)NCc1nc(OCCCN(C)C)ccc1Cl. The highest BCUT2D eigenvalue weighted by atomic mass is 35.5. The summed E-state index contributed by atoms with van der Waals surface area (Å²) in [6, 6.07) is 4.06. The molecule has 5 heteroatoms. The molecule has 4 nitrogen and oxygen atoms in total. The van der Waals surface area contributed by atoms with Crippen LogP contribution in [0.1, 0.15) is 26.0 Å². The van der Waals surface area contributed by atoms with Gasteiger partial charge in [-0.3, -0.25) is 0 Å². The predicted molar refractivity (Wildman–Crippen MR) is 79.9 cm³/mol. The van der Waals surface area contributed by atoms with Gasteiger partial charge in [0.1, 0.15) is 0 Å². The third-order valence-corrected chi connectivity index (χ3v) is 2.91. The maximum Gasteiger partial charge on any atom is 0.213 e. The molecule has 0 aliphatic heterocycles. The minimum atomic E-state index is 0.405. The van der Waals surface area contributed by atoms with Crippen molar-refractivity contribution in [3.05, 3.63) is 22.8 Å². The largest absolute Gasteiger partial charge is 0.478 e. The van der Waals surface area contributed by atoms with Crippen molar-refractivity contribution in [2.24, 2.45) is 0 Å². The average Bonchev–Trinajstić information content (AvgIpc) is 2.34. The molecule has 0 amide bonds. The third-order valence-electron chi connectivity index (χ3n) is 2.57. The molecule has 0 spiro atoms. The third kappa shape index (κ3) is 6.76. The van der Waals surface area contributed by atoms with E-state index in [0.717, 1.165) is 18.7 Å². The van der Waals surface area contributed by atoms with E-state index >= 15 is 0 Å². The Hall–Kier alpha value is -0.840. The summed E-state index contributed by atoms with van der Waals surface area (Å²) in [6.45, 7) is 6.52. The summed E-state index contributed by atoms with van der Waals surface area (Å²) in [6.07, 6.45) is 0.983. The summed E-state index contributed by atoms with van der Waals surface area (Å²) in [7, 11) is 4.10. The fourth-order valence-electron chi connectivity index (χ4n) is 1.53. The number of rotatable bonds is 8. The van der Waals surface area contributed by atoms with E-state index in [-0.39, 0.29) is 0 Å². The van der Waals surface area contributed by atoms with Gasteiger partial charge in [0.2, 0.25) is 5.88 Å². The highest BCUT2D eigenvalue weighted by Crippen LogP contribution is 2.18. The van der Waals surface area contributed by atoms with Gasteiger partial charge in [-0.15, -0.1) is 0 Å². The summed E-state index contributed by atoms with van der Waals surface area (Å²) in [5.74, 6) is 0.642. The number of halogens is 1. The second kappa shape index (κ2) is 8.35. The lowest BCUT2D eigenvalue weighted by atomic mass is 10.3. The normalized spacial score (nSPS) is 11.3. The molecule has 0 unspecified atom stereocenters. The van der Waals surface area contributed by atoms with Crippen molar-refractivity contribution in [1.82, 2.24) is 15.2 Å². The minimum Gasteiger partial charge on any atom is -0.478 e. The smallest absolute Gasteiger partial charge is 0.213 e. The number of pyridine rings is 1. The number of aromatic nitrogens is 1. The summed E-state index contributed by atoms with van der Waals surface area (Å²) in [4.78, 5) is 6.57. The molecule has 0 atom stereocenters. The second-order valence-corrected chi connectivity index (χ2v) is 5.53. The lowest BCUT2D eigenvalue weighted by Crippen LogP contribution is -2.22. The first-order valence-corrected chi connectivity index (χ1v) is 7.03. The second-order valence-electron chi connectivity index (χ2n) is 5.12. The van der Waals surface area contributed by atoms with Crippen LogP contribution in [-0.2, 0) is 6.54 Å². The molecule has 1 N–H and O–H groups in total. The Morgan fingerprint density at radius 3 is 2.74 bits per heavy atom. The Morgan fingerprint density at radius 2 is 2.11 bits per heavy atom. The maximum atomic E-state index is 6.12.